The zero-order chi connectivity index (χ0) is 13.9. The van der Waals surface area contributed by atoms with Gasteiger partial charge in [-0.25, -0.2) is 0 Å². The summed E-state index contributed by atoms with van der Waals surface area (Å²) < 4.78 is 1.92. The van der Waals surface area contributed by atoms with Crippen LogP contribution in [0.3, 0.4) is 0 Å². The van der Waals surface area contributed by atoms with Crippen molar-refractivity contribution in [1.82, 2.24) is 20.0 Å². The minimum atomic E-state index is 0.741. The predicted octanol–water partition coefficient (Wildman–Crippen LogP) is 2.31. The van der Waals surface area contributed by atoms with E-state index in [0.717, 1.165) is 24.7 Å². The molecular weight excluding hydrogens is 248 g/mol. The third-order valence-electron chi connectivity index (χ3n) is 4.92. The van der Waals surface area contributed by atoms with Gasteiger partial charge < -0.3 is 5.32 Å². The summed E-state index contributed by atoms with van der Waals surface area (Å²) in [5, 5.41) is 8.30. The molecule has 1 aromatic rings. The molecule has 4 heteroatoms. The molecule has 0 aliphatic carbocycles. The maximum Gasteiger partial charge on any atom is 0.0764 e. The van der Waals surface area contributed by atoms with Crippen molar-refractivity contribution in [3.63, 3.8) is 0 Å². The number of nitrogens with zero attached hydrogens (tertiary/aromatic N) is 3. The van der Waals surface area contributed by atoms with Crippen LogP contribution in [0.1, 0.15) is 51.1 Å². The van der Waals surface area contributed by atoms with Crippen LogP contribution < -0.4 is 5.32 Å². The molecule has 4 nitrogen and oxygen atoms in total. The Hall–Kier alpha value is -0.870. The van der Waals surface area contributed by atoms with Crippen molar-refractivity contribution in [3.8, 4) is 0 Å². The number of hydrogen-bond donors (Lipinski definition) is 1. The van der Waals surface area contributed by atoms with Crippen molar-refractivity contribution >= 4 is 0 Å². The van der Waals surface area contributed by atoms with Crippen LogP contribution in [0.2, 0.25) is 0 Å². The van der Waals surface area contributed by atoms with Crippen molar-refractivity contribution in [2.75, 3.05) is 6.54 Å². The average Bonchev–Trinajstić information content (AvgIpc) is 2.82. The van der Waals surface area contributed by atoms with Gasteiger partial charge in [-0.1, -0.05) is 13.3 Å². The molecule has 2 saturated heterocycles. The van der Waals surface area contributed by atoms with Crippen LogP contribution >= 0.6 is 0 Å². The number of nitrogens with one attached hydrogen (secondary N) is 1. The second kappa shape index (κ2) is 6.27. The Balaban J connectivity index is 1.64. The first kappa shape index (κ1) is 14.1. The summed E-state index contributed by atoms with van der Waals surface area (Å²) >= 11 is 0. The molecule has 1 aromatic heterocycles. The van der Waals surface area contributed by atoms with Crippen LogP contribution in [0.25, 0.3) is 0 Å². The molecule has 3 rings (SSSR count). The van der Waals surface area contributed by atoms with E-state index in [4.69, 9.17) is 0 Å². The van der Waals surface area contributed by atoms with Gasteiger partial charge in [0.05, 0.1) is 5.69 Å². The lowest BCUT2D eigenvalue weighted by Crippen LogP contribution is -2.55. The smallest absolute Gasteiger partial charge is 0.0764 e. The van der Waals surface area contributed by atoms with E-state index < -0.39 is 0 Å². The Kier molecular flexibility index (Phi) is 4.41. The topological polar surface area (TPSA) is 33.1 Å². The molecule has 0 saturated carbocycles. The molecule has 20 heavy (non-hydrogen) atoms. The summed E-state index contributed by atoms with van der Waals surface area (Å²) in [5.41, 5.74) is 1.23. The van der Waals surface area contributed by atoms with Gasteiger partial charge in [-0.3, -0.25) is 9.58 Å². The fourth-order valence-corrected chi connectivity index (χ4v) is 3.99. The second-order valence-corrected chi connectivity index (χ2v) is 6.51. The maximum absolute atomic E-state index is 4.56. The number of aryl methyl sites for hydroxylation is 1. The summed E-state index contributed by atoms with van der Waals surface area (Å²) in [6, 6.07) is 4.43. The molecule has 2 bridgehead atoms. The molecule has 2 aliphatic rings. The highest BCUT2D eigenvalue weighted by Gasteiger charge is 2.37. The second-order valence-electron chi connectivity index (χ2n) is 6.51. The molecule has 2 unspecified atom stereocenters. The van der Waals surface area contributed by atoms with E-state index in [1.165, 1.54) is 50.8 Å². The van der Waals surface area contributed by atoms with Gasteiger partial charge >= 0.3 is 0 Å². The monoisotopic (exact) mass is 276 g/mol. The van der Waals surface area contributed by atoms with Gasteiger partial charge in [0.1, 0.15) is 0 Å². The lowest BCUT2D eigenvalue weighted by Gasteiger charge is -2.49. The van der Waals surface area contributed by atoms with Gasteiger partial charge in [-0.15, -0.1) is 0 Å². The molecule has 2 fully saturated rings. The first-order valence-corrected chi connectivity index (χ1v) is 8.24. The van der Waals surface area contributed by atoms with Gasteiger partial charge in [-0.2, -0.15) is 5.10 Å². The van der Waals surface area contributed by atoms with Crippen LogP contribution in [0.5, 0.6) is 0 Å². The minimum absolute atomic E-state index is 0.741. The fraction of sp³-hybridized carbons (Fsp3) is 0.812. The van der Waals surface area contributed by atoms with E-state index in [0.29, 0.717) is 0 Å². The highest BCUT2D eigenvalue weighted by molar-refractivity contribution is 5.03. The first-order valence-electron chi connectivity index (χ1n) is 8.24. The normalized spacial score (nSPS) is 30.6. The molecule has 0 radical (unpaired) electrons. The van der Waals surface area contributed by atoms with Crippen LogP contribution in [0, 0.1) is 0 Å². The quantitative estimate of drug-likeness (QED) is 0.896. The van der Waals surface area contributed by atoms with Crippen molar-refractivity contribution in [2.24, 2.45) is 7.05 Å². The highest BCUT2D eigenvalue weighted by Crippen LogP contribution is 2.35. The highest BCUT2D eigenvalue weighted by atomic mass is 15.3. The molecule has 1 N–H and O–H groups in total. The predicted molar refractivity (Wildman–Crippen MR) is 81.5 cm³/mol. The van der Waals surface area contributed by atoms with Gasteiger partial charge in [0, 0.05) is 37.9 Å². The largest absolute Gasteiger partial charge is 0.314 e. The van der Waals surface area contributed by atoms with Gasteiger partial charge in [-0.05, 0) is 44.7 Å². The molecular formula is C16H28N4. The summed E-state index contributed by atoms with van der Waals surface area (Å²) in [6.07, 6.45) is 10.1. The van der Waals surface area contributed by atoms with E-state index in [1.807, 2.05) is 11.7 Å². The standard InChI is InChI=1S/C16H28N4/c1-3-8-17-14-10-15-5-4-6-16(11-14)20(15)12-13-7-9-19(2)18-13/h7,9,14-17H,3-6,8,10-12H2,1-2H3. The van der Waals surface area contributed by atoms with E-state index in [1.54, 1.807) is 0 Å². The first-order chi connectivity index (χ1) is 9.76. The molecule has 3 heterocycles. The molecule has 112 valence electrons. The zero-order valence-corrected chi connectivity index (χ0v) is 12.9. The van der Waals surface area contributed by atoms with E-state index in [-0.39, 0.29) is 0 Å². The van der Waals surface area contributed by atoms with Crippen molar-refractivity contribution < 1.29 is 0 Å². The Morgan fingerprint density at radius 1 is 1.30 bits per heavy atom. The fourth-order valence-electron chi connectivity index (χ4n) is 3.99. The number of aromatic nitrogens is 2. The van der Waals surface area contributed by atoms with E-state index in [9.17, 15) is 0 Å². The summed E-state index contributed by atoms with van der Waals surface area (Å²) in [7, 11) is 2.01. The minimum Gasteiger partial charge on any atom is -0.314 e. The average molecular weight is 276 g/mol. The summed E-state index contributed by atoms with van der Waals surface area (Å²) in [5.74, 6) is 0. The van der Waals surface area contributed by atoms with Crippen molar-refractivity contribution in [3.05, 3.63) is 18.0 Å². The summed E-state index contributed by atoms with van der Waals surface area (Å²) in [4.78, 5) is 2.73. The van der Waals surface area contributed by atoms with Crippen LogP contribution in [0.15, 0.2) is 12.3 Å². The molecule has 0 amide bonds. The third-order valence-corrected chi connectivity index (χ3v) is 4.92. The molecule has 2 aliphatic heterocycles. The molecule has 0 aromatic carbocycles. The molecule has 2 atom stereocenters. The SMILES string of the molecule is CCCNC1CC2CCCC(C1)N2Cc1ccn(C)n1. The van der Waals surface area contributed by atoms with Crippen LogP contribution in [-0.2, 0) is 13.6 Å². The lowest BCUT2D eigenvalue weighted by molar-refractivity contribution is 0.0167. The number of fused-ring (bicyclic) bond motifs is 2. The number of rotatable bonds is 5. The maximum atomic E-state index is 4.56. The van der Waals surface area contributed by atoms with E-state index >= 15 is 0 Å². The zero-order valence-electron chi connectivity index (χ0n) is 12.9. The van der Waals surface area contributed by atoms with Crippen molar-refractivity contribution in [1.29, 1.82) is 0 Å². The van der Waals surface area contributed by atoms with Crippen molar-refractivity contribution in [2.45, 2.75) is 70.1 Å². The van der Waals surface area contributed by atoms with Gasteiger partial charge in [0.15, 0.2) is 0 Å². The van der Waals surface area contributed by atoms with E-state index in [2.05, 4.69) is 34.5 Å². The molecule has 0 spiro atoms. The van der Waals surface area contributed by atoms with Crippen LogP contribution in [0.4, 0.5) is 0 Å². The van der Waals surface area contributed by atoms with Crippen LogP contribution in [-0.4, -0.2) is 39.4 Å². The Morgan fingerprint density at radius 3 is 2.65 bits per heavy atom. The Bertz CT molecular complexity index is 414. The Morgan fingerprint density at radius 2 is 2.05 bits per heavy atom. The number of hydrogen-bond acceptors (Lipinski definition) is 3. The van der Waals surface area contributed by atoms with Gasteiger partial charge in [0.25, 0.3) is 0 Å². The Labute approximate surface area is 122 Å². The number of piperidine rings is 2. The third kappa shape index (κ3) is 3.07. The lowest BCUT2D eigenvalue weighted by atomic mass is 9.81. The van der Waals surface area contributed by atoms with Gasteiger partial charge in [0.2, 0.25) is 0 Å². The summed E-state index contributed by atoms with van der Waals surface area (Å²) in [6.45, 7) is 4.46.